The second-order valence-corrected chi connectivity index (χ2v) is 11.0. The zero-order chi connectivity index (χ0) is 20.3. The zero-order valence-corrected chi connectivity index (χ0v) is 18.8. The molecule has 2 heterocycles. The molecule has 1 unspecified atom stereocenters. The molecule has 28 heavy (non-hydrogen) atoms. The Morgan fingerprint density at radius 2 is 1.21 bits per heavy atom. The minimum Gasteiger partial charge on any atom is -0.489 e. The standard InChI is InChI=1S/C27H36O/c1-17-18-9-8-10-19-12-23(27(5,6)7)14-21-16-24(28-25(19)21)15-20(17)13-22(11-18)26(2,3)4/h11-14,24H,8-10,15-16H2,1-7H3. The fraction of sp³-hybridized carbons (Fsp3) is 0.556. The van der Waals surface area contributed by atoms with Crippen LogP contribution in [0.15, 0.2) is 24.3 Å². The third kappa shape index (κ3) is 3.61. The fourth-order valence-electron chi connectivity index (χ4n) is 4.70. The van der Waals surface area contributed by atoms with E-state index in [9.17, 15) is 0 Å². The second kappa shape index (κ2) is 6.65. The summed E-state index contributed by atoms with van der Waals surface area (Å²) in [6.07, 6.45) is 5.77. The van der Waals surface area contributed by atoms with Gasteiger partial charge in [-0.25, -0.2) is 0 Å². The lowest BCUT2D eigenvalue weighted by Gasteiger charge is -2.24. The molecule has 4 bridgehead atoms. The Bertz CT molecular complexity index is 905. The van der Waals surface area contributed by atoms with E-state index in [-0.39, 0.29) is 16.9 Å². The number of aryl methyl sites for hydroxylation is 2. The molecular weight excluding hydrogens is 340 g/mol. The van der Waals surface area contributed by atoms with Crippen molar-refractivity contribution in [3.05, 3.63) is 63.2 Å². The van der Waals surface area contributed by atoms with Crippen molar-refractivity contribution in [2.45, 2.75) is 97.5 Å². The van der Waals surface area contributed by atoms with Crippen molar-refractivity contribution in [1.29, 1.82) is 0 Å². The van der Waals surface area contributed by atoms with Gasteiger partial charge in [0, 0.05) is 12.8 Å². The van der Waals surface area contributed by atoms with Gasteiger partial charge in [0.2, 0.25) is 0 Å². The van der Waals surface area contributed by atoms with E-state index in [1.807, 2.05) is 0 Å². The van der Waals surface area contributed by atoms with E-state index in [1.54, 1.807) is 0 Å². The molecule has 1 nitrogen and oxygen atoms in total. The summed E-state index contributed by atoms with van der Waals surface area (Å²) in [5, 5.41) is 0. The first-order valence-electron chi connectivity index (χ1n) is 11.0. The molecule has 4 rings (SSSR count). The second-order valence-electron chi connectivity index (χ2n) is 11.0. The van der Waals surface area contributed by atoms with Gasteiger partial charge in [0.25, 0.3) is 0 Å². The molecule has 0 amide bonds. The van der Waals surface area contributed by atoms with Crippen molar-refractivity contribution < 1.29 is 4.74 Å². The maximum atomic E-state index is 6.57. The molecule has 0 saturated heterocycles. The summed E-state index contributed by atoms with van der Waals surface area (Å²) in [5.74, 6) is 1.20. The summed E-state index contributed by atoms with van der Waals surface area (Å²) in [6.45, 7) is 16.2. The quantitative estimate of drug-likeness (QED) is 0.502. The van der Waals surface area contributed by atoms with Crippen LogP contribution in [0.1, 0.15) is 86.9 Å². The number of benzene rings is 2. The van der Waals surface area contributed by atoms with E-state index in [0.29, 0.717) is 0 Å². The summed E-state index contributed by atoms with van der Waals surface area (Å²) in [5.41, 5.74) is 10.6. The van der Waals surface area contributed by atoms with Crippen LogP contribution in [-0.4, -0.2) is 6.10 Å². The van der Waals surface area contributed by atoms with Gasteiger partial charge >= 0.3 is 0 Å². The smallest absolute Gasteiger partial charge is 0.126 e. The number of hydrogen-bond acceptors (Lipinski definition) is 1. The number of ether oxygens (including phenoxy) is 1. The van der Waals surface area contributed by atoms with Crippen LogP contribution in [-0.2, 0) is 36.5 Å². The third-order valence-corrected chi connectivity index (χ3v) is 6.67. The molecule has 2 aromatic rings. The Morgan fingerprint density at radius 1 is 0.714 bits per heavy atom. The minimum absolute atomic E-state index is 0.182. The van der Waals surface area contributed by atoms with E-state index in [2.05, 4.69) is 72.7 Å². The van der Waals surface area contributed by atoms with E-state index >= 15 is 0 Å². The van der Waals surface area contributed by atoms with Crippen molar-refractivity contribution in [3.8, 4) is 5.75 Å². The maximum Gasteiger partial charge on any atom is 0.126 e. The highest BCUT2D eigenvalue weighted by Gasteiger charge is 2.30. The highest BCUT2D eigenvalue weighted by atomic mass is 16.5. The van der Waals surface area contributed by atoms with Crippen LogP contribution in [0.4, 0.5) is 0 Å². The Morgan fingerprint density at radius 3 is 1.86 bits per heavy atom. The highest BCUT2D eigenvalue weighted by molar-refractivity contribution is 5.50. The van der Waals surface area contributed by atoms with Crippen LogP contribution >= 0.6 is 0 Å². The molecular formula is C27H36O. The van der Waals surface area contributed by atoms with Gasteiger partial charge in [0.1, 0.15) is 11.9 Å². The zero-order valence-electron chi connectivity index (χ0n) is 18.8. The molecule has 0 radical (unpaired) electrons. The topological polar surface area (TPSA) is 9.23 Å². The van der Waals surface area contributed by atoms with Crippen molar-refractivity contribution in [1.82, 2.24) is 0 Å². The summed E-state index contributed by atoms with van der Waals surface area (Å²) in [4.78, 5) is 0. The van der Waals surface area contributed by atoms with E-state index < -0.39 is 0 Å². The lowest BCUT2D eigenvalue weighted by molar-refractivity contribution is 0.231. The molecule has 0 fully saturated rings. The molecule has 0 spiro atoms. The molecule has 0 N–H and O–H groups in total. The third-order valence-electron chi connectivity index (χ3n) is 6.67. The summed E-state index contributed by atoms with van der Waals surface area (Å²) in [7, 11) is 0. The first-order valence-corrected chi connectivity index (χ1v) is 11.0. The summed E-state index contributed by atoms with van der Waals surface area (Å²) >= 11 is 0. The van der Waals surface area contributed by atoms with Gasteiger partial charge < -0.3 is 4.74 Å². The minimum atomic E-state index is 0.182. The molecule has 0 aromatic heterocycles. The Labute approximate surface area is 171 Å². The molecule has 2 aliphatic rings. The monoisotopic (exact) mass is 376 g/mol. The lowest BCUT2D eigenvalue weighted by Crippen LogP contribution is -2.19. The van der Waals surface area contributed by atoms with Crippen LogP contribution in [0.25, 0.3) is 0 Å². The SMILES string of the molecule is Cc1c2cc(C(C)(C)C)cc1CC1Cc3cc(C(C)(C)C)cc(c3O1)CCC2. The number of hydrogen-bond donors (Lipinski definition) is 0. The normalized spacial score (nSPS) is 19.2. The molecule has 0 aliphatic carbocycles. The molecule has 1 heteroatoms. The summed E-state index contributed by atoms with van der Waals surface area (Å²) < 4.78 is 6.57. The van der Waals surface area contributed by atoms with Crippen molar-refractivity contribution in [3.63, 3.8) is 0 Å². The van der Waals surface area contributed by atoms with Gasteiger partial charge in [0.15, 0.2) is 0 Å². The van der Waals surface area contributed by atoms with E-state index in [0.717, 1.165) is 25.7 Å². The van der Waals surface area contributed by atoms with Gasteiger partial charge in [-0.1, -0.05) is 65.8 Å². The number of fused-ring (bicyclic) bond motifs is 3. The van der Waals surface area contributed by atoms with Crippen LogP contribution in [0.3, 0.4) is 0 Å². The average Bonchev–Trinajstić information content (AvgIpc) is 2.98. The summed E-state index contributed by atoms with van der Waals surface area (Å²) in [6, 6.07) is 9.75. The first kappa shape index (κ1) is 19.6. The van der Waals surface area contributed by atoms with Crippen LogP contribution in [0.2, 0.25) is 0 Å². The molecule has 1 atom stereocenters. The molecule has 0 saturated carbocycles. The maximum absolute atomic E-state index is 6.57. The Balaban J connectivity index is 1.77. The van der Waals surface area contributed by atoms with Gasteiger partial charge in [-0.2, -0.15) is 0 Å². The largest absolute Gasteiger partial charge is 0.489 e. The van der Waals surface area contributed by atoms with Gasteiger partial charge in [-0.15, -0.1) is 0 Å². The van der Waals surface area contributed by atoms with Gasteiger partial charge in [-0.05, 0) is 76.0 Å². The van der Waals surface area contributed by atoms with E-state index in [1.165, 1.54) is 51.1 Å². The van der Waals surface area contributed by atoms with Crippen molar-refractivity contribution in [2.75, 3.05) is 0 Å². The van der Waals surface area contributed by atoms with Gasteiger partial charge in [-0.3, -0.25) is 0 Å². The van der Waals surface area contributed by atoms with Crippen molar-refractivity contribution >= 4 is 0 Å². The van der Waals surface area contributed by atoms with E-state index in [4.69, 9.17) is 4.74 Å². The lowest BCUT2D eigenvalue weighted by atomic mass is 9.81. The predicted octanol–water partition coefficient (Wildman–Crippen LogP) is 6.62. The number of rotatable bonds is 0. The van der Waals surface area contributed by atoms with Crippen LogP contribution < -0.4 is 4.74 Å². The molecule has 2 aromatic carbocycles. The molecule has 150 valence electrons. The van der Waals surface area contributed by atoms with Crippen LogP contribution in [0, 0.1) is 6.92 Å². The Kier molecular flexibility index (Phi) is 4.64. The average molecular weight is 377 g/mol. The van der Waals surface area contributed by atoms with Gasteiger partial charge in [0.05, 0.1) is 0 Å². The fourth-order valence-corrected chi connectivity index (χ4v) is 4.70. The van der Waals surface area contributed by atoms with Crippen molar-refractivity contribution in [2.24, 2.45) is 0 Å². The molecule has 2 aliphatic heterocycles. The first-order chi connectivity index (χ1) is 13.0. The Hall–Kier alpha value is -1.76. The predicted molar refractivity (Wildman–Crippen MR) is 119 cm³/mol. The highest BCUT2D eigenvalue weighted by Crippen LogP contribution is 2.40. The van der Waals surface area contributed by atoms with Crippen LogP contribution in [0.5, 0.6) is 5.75 Å².